The molecule has 1 unspecified atom stereocenters. The molecule has 1 aromatic rings. The van der Waals surface area contributed by atoms with Gasteiger partial charge in [-0.3, -0.25) is 4.79 Å². The highest BCUT2D eigenvalue weighted by molar-refractivity contribution is 5.69. The SMILES string of the molecule is CCC(=O)OC(C)CCOCc1ccc(F)cc1. The van der Waals surface area contributed by atoms with Crippen molar-refractivity contribution in [3.8, 4) is 0 Å². The zero-order chi connectivity index (χ0) is 13.4. The van der Waals surface area contributed by atoms with Crippen molar-refractivity contribution in [2.24, 2.45) is 0 Å². The lowest BCUT2D eigenvalue weighted by Gasteiger charge is -2.12. The first-order chi connectivity index (χ1) is 8.61. The number of hydrogen-bond acceptors (Lipinski definition) is 3. The average molecular weight is 254 g/mol. The van der Waals surface area contributed by atoms with E-state index in [1.807, 2.05) is 6.92 Å². The second kappa shape index (κ2) is 7.82. The fraction of sp³-hybridized carbons (Fsp3) is 0.500. The predicted molar refractivity (Wildman–Crippen MR) is 66.5 cm³/mol. The van der Waals surface area contributed by atoms with Crippen molar-refractivity contribution < 1.29 is 18.7 Å². The van der Waals surface area contributed by atoms with E-state index in [2.05, 4.69) is 0 Å². The third-order valence-electron chi connectivity index (χ3n) is 2.47. The highest BCUT2D eigenvalue weighted by Gasteiger charge is 2.07. The summed E-state index contributed by atoms with van der Waals surface area (Å²) in [6.07, 6.45) is 0.916. The molecule has 18 heavy (non-hydrogen) atoms. The summed E-state index contributed by atoms with van der Waals surface area (Å²) < 4.78 is 23.2. The number of esters is 1. The van der Waals surface area contributed by atoms with Gasteiger partial charge in [0.15, 0.2) is 0 Å². The van der Waals surface area contributed by atoms with Crippen LogP contribution in [0.1, 0.15) is 32.3 Å². The Hall–Kier alpha value is -1.42. The standard InChI is InChI=1S/C14H19FO3/c1-3-14(16)18-11(2)8-9-17-10-12-4-6-13(15)7-5-12/h4-7,11H,3,8-10H2,1-2H3. The number of halogens is 1. The second-order valence-electron chi connectivity index (χ2n) is 4.12. The fourth-order valence-corrected chi connectivity index (χ4v) is 1.39. The van der Waals surface area contributed by atoms with Crippen LogP contribution in [0.4, 0.5) is 4.39 Å². The average Bonchev–Trinajstić information content (AvgIpc) is 2.36. The van der Waals surface area contributed by atoms with Gasteiger partial charge in [-0.15, -0.1) is 0 Å². The molecule has 0 bridgehead atoms. The minimum atomic E-state index is -0.251. The first kappa shape index (κ1) is 14.6. The Labute approximate surface area is 107 Å². The Morgan fingerprint density at radius 2 is 2.00 bits per heavy atom. The van der Waals surface area contributed by atoms with E-state index in [4.69, 9.17) is 9.47 Å². The molecule has 0 aliphatic rings. The van der Waals surface area contributed by atoms with Crippen LogP contribution in [0.25, 0.3) is 0 Å². The van der Waals surface area contributed by atoms with Gasteiger partial charge in [-0.25, -0.2) is 4.39 Å². The van der Waals surface area contributed by atoms with Gasteiger partial charge in [0.05, 0.1) is 13.2 Å². The minimum Gasteiger partial charge on any atom is -0.463 e. The Morgan fingerprint density at radius 1 is 1.33 bits per heavy atom. The Kier molecular flexibility index (Phi) is 6.36. The number of carbonyl (C=O) groups is 1. The van der Waals surface area contributed by atoms with Crippen LogP contribution < -0.4 is 0 Å². The van der Waals surface area contributed by atoms with Crippen molar-refractivity contribution in [2.45, 2.75) is 39.4 Å². The molecule has 0 radical (unpaired) electrons. The van der Waals surface area contributed by atoms with E-state index in [0.29, 0.717) is 26.1 Å². The van der Waals surface area contributed by atoms with Gasteiger partial charge >= 0.3 is 5.97 Å². The van der Waals surface area contributed by atoms with E-state index in [9.17, 15) is 9.18 Å². The number of benzene rings is 1. The first-order valence-corrected chi connectivity index (χ1v) is 6.13. The van der Waals surface area contributed by atoms with Gasteiger partial charge in [0, 0.05) is 12.8 Å². The van der Waals surface area contributed by atoms with Crippen molar-refractivity contribution in [2.75, 3.05) is 6.61 Å². The quantitative estimate of drug-likeness (QED) is 0.554. The van der Waals surface area contributed by atoms with E-state index < -0.39 is 0 Å². The van der Waals surface area contributed by atoms with Crippen molar-refractivity contribution in [1.29, 1.82) is 0 Å². The van der Waals surface area contributed by atoms with Crippen LogP contribution >= 0.6 is 0 Å². The monoisotopic (exact) mass is 254 g/mol. The summed E-state index contributed by atoms with van der Waals surface area (Å²) in [6.45, 7) is 4.55. The van der Waals surface area contributed by atoms with Crippen LogP contribution in [0.2, 0.25) is 0 Å². The molecule has 0 aliphatic heterocycles. The summed E-state index contributed by atoms with van der Waals surface area (Å²) in [5.74, 6) is -0.445. The summed E-state index contributed by atoms with van der Waals surface area (Å²) in [5, 5.41) is 0. The third-order valence-corrected chi connectivity index (χ3v) is 2.47. The molecule has 1 rings (SSSR count). The molecule has 0 N–H and O–H groups in total. The van der Waals surface area contributed by atoms with Crippen LogP contribution in [-0.4, -0.2) is 18.7 Å². The van der Waals surface area contributed by atoms with Gasteiger partial charge in [0.1, 0.15) is 11.9 Å². The summed E-state index contributed by atoms with van der Waals surface area (Å²) in [6, 6.07) is 6.19. The molecule has 0 heterocycles. The fourth-order valence-electron chi connectivity index (χ4n) is 1.39. The Bertz CT molecular complexity index is 362. The van der Waals surface area contributed by atoms with Crippen LogP contribution in [0.3, 0.4) is 0 Å². The van der Waals surface area contributed by atoms with Gasteiger partial charge in [0.2, 0.25) is 0 Å². The Morgan fingerprint density at radius 3 is 2.61 bits per heavy atom. The number of ether oxygens (including phenoxy) is 2. The van der Waals surface area contributed by atoms with E-state index in [0.717, 1.165) is 5.56 Å². The number of rotatable bonds is 7. The molecule has 0 aromatic heterocycles. The highest BCUT2D eigenvalue weighted by atomic mass is 19.1. The van der Waals surface area contributed by atoms with Crippen LogP contribution in [0.5, 0.6) is 0 Å². The largest absolute Gasteiger partial charge is 0.463 e. The maximum Gasteiger partial charge on any atom is 0.305 e. The van der Waals surface area contributed by atoms with E-state index in [1.54, 1.807) is 19.1 Å². The van der Waals surface area contributed by atoms with Crippen LogP contribution in [-0.2, 0) is 20.9 Å². The van der Waals surface area contributed by atoms with E-state index >= 15 is 0 Å². The lowest BCUT2D eigenvalue weighted by molar-refractivity contribution is -0.148. The molecule has 4 heteroatoms. The van der Waals surface area contributed by atoms with Gasteiger partial charge in [-0.05, 0) is 24.6 Å². The summed E-state index contributed by atoms with van der Waals surface area (Å²) in [4.78, 5) is 11.0. The number of hydrogen-bond donors (Lipinski definition) is 0. The summed E-state index contributed by atoms with van der Waals surface area (Å²) in [5.41, 5.74) is 0.926. The van der Waals surface area contributed by atoms with E-state index in [-0.39, 0.29) is 17.9 Å². The smallest absolute Gasteiger partial charge is 0.305 e. The third kappa shape index (κ3) is 5.77. The molecule has 1 atom stereocenters. The molecule has 0 saturated heterocycles. The van der Waals surface area contributed by atoms with E-state index in [1.165, 1.54) is 12.1 Å². The molecule has 0 amide bonds. The minimum absolute atomic E-state index is 0.134. The molecule has 100 valence electrons. The lowest BCUT2D eigenvalue weighted by atomic mass is 10.2. The maximum atomic E-state index is 12.6. The zero-order valence-corrected chi connectivity index (χ0v) is 10.8. The van der Waals surface area contributed by atoms with Gasteiger partial charge in [-0.2, -0.15) is 0 Å². The molecular weight excluding hydrogens is 235 g/mol. The molecule has 0 fully saturated rings. The van der Waals surface area contributed by atoms with Crippen molar-refractivity contribution >= 4 is 5.97 Å². The highest BCUT2D eigenvalue weighted by Crippen LogP contribution is 2.06. The van der Waals surface area contributed by atoms with Gasteiger partial charge in [-0.1, -0.05) is 19.1 Å². The Balaban J connectivity index is 2.14. The first-order valence-electron chi connectivity index (χ1n) is 6.13. The molecule has 0 aliphatic carbocycles. The van der Waals surface area contributed by atoms with Crippen LogP contribution in [0.15, 0.2) is 24.3 Å². The lowest BCUT2D eigenvalue weighted by Crippen LogP contribution is -2.16. The van der Waals surface area contributed by atoms with Crippen LogP contribution in [0, 0.1) is 5.82 Å². The van der Waals surface area contributed by atoms with Crippen molar-refractivity contribution in [3.05, 3.63) is 35.6 Å². The van der Waals surface area contributed by atoms with Crippen molar-refractivity contribution in [1.82, 2.24) is 0 Å². The van der Waals surface area contributed by atoms with Gasteiger partial charge < -0.3 is 9.47 Å². The molecule has 1 aromatic carbocycles. The molecular formula is C14H19FO3. The number of carbonyl (C=O) groups excluding carboxylic acids is 1. The summed E-state index contributed by atoms with van der Waals surface area (Å²) >= 11 is 0. The summed E-state index contributed by atoms with van der Waals surface area (Å²) in [7, 11) is 0. The molecule has 0 saturated carbocycles. The topological polar surface area (TPSA) is 35.5 Å². The normalized spacial score (nSPS) is 12.2. The van der Waals surface area contributed by atoms with Gasteiger partial charge in [0.25, 0.3) is 0 Å². The maximum absolute atomic E-state index is 12.6. The second-order valence-corrected chi connectivity index (χ2v) is 4.12. The molecule has 3 nitrogen and oxygen atoms in total. The molecule has 0 spiro atoms. The van der Waals surface area contributed by atoms with Crippen molar-refractivity contribution in [3.63, 3.8) is 0 Å². The zero-order valence-electron chi connectivity index (χ0n) is 10.8. The predicted octanol–water partition coefficient (Wildman–Crippen LogP) is 3.07.